The van der Waals surface area contributed by atoms with Gasteiger partial charge in [0.2, 0.25) is 17.6 Å². The normalized spacial score (nSPS) is 11.4. The largest absolute Gasteiger partial charge is 0.495 e. The number of benzene rings is 4. The van der Waals surface area contributed by atoms with Crippen LogP contribution in [0.25, 0.3) is 60.0 Å². The fraction of sp³-hybridized carbons (Fsp3) is 0.138. The van der Waals surface area contributed by atoms with Gasteiger partial charge in [-0.15, -0.1) is 0 Å². The van der Waals surface area contributed by atoms with Gasteiger partial charge in [-0.3, -0.25) is 33.5 Å². The first-order valence-corrected chi connectivity index (χ1v) is 23.3. The zero-order valence-electron chi connectivity index (χ0n) is 41.0. The third-order valence-electron chi connectivity index (χ3n) is 12.3. The number of nitrogen functional groups attached to an aromatic ring is 2. The van der Waals surface area contributed by atoms with Crippen molar-refractivity contribution in [3.8, 4) is 45.1 Å². The number of hydrogen-bond acceptors (Lipinski definition) is 15. The van der Waals surface area contributed by atoms with Crippen LogP contribution in [0.15, 0.2) is 168 Å². The number of aromatic nitrogens is 8. The highest BCUT2D eigenvalue weighted by Gasteiger charge is 2.23. The molecular formula is C58H56N14O5. The lowest BCUT2D eigenvalue weighted by atomic mass is 9.98. The number of carbonyl (C=O) groups is 1. The van der Waals surface area contributed by atoms with Gasteiger partial charge < -0.3 is 37.3 Å². The Balaban J connectivity index is 0.000000218. The highest BCUT2D eigenvalue weighted by Crippen LogP contribution is 2.34. The number of para-hydroxylation sites is 2. The molecule has 4 aromatic carbocycles. The van der Waals surface area contributed by atoms with Gasteiger partial charge in [0.05, 0.1) is 61.6 Å². The van der Waals surface area contributed by atoms with Gasteiger partial charge in [0.25, 0.3) is 17.0 Å². The van der Waals surface area contributed by atoms with E-state index in [4.69, 9.17) is 33.2 Å². The Bertz CT molecular complexity index is 3940. The molecule has 0 saturated heterocycles. The standard InChI is InChI=1S/C28H25N7O3.C28H23N7O2.2CH4/c1-16(33-26-22(25(29)36)15-32-28(30)34-26)23-12-17-7-6-10-21(18-11-20(38-2)14-31-13-18)24(17)27(37)35(23)19-8-4-3-5-9-19;1-17(33-26-23(30-2)16-32-28(29)34-26)24-13-18-8-7-11-22(19-12-21(37-3)15-31-14-19)25(18)27(36)35(24)20-9-5-4-6-10-20;;/h3-16H,1-2H3,(H2,29,36)(H3,30,32,33,34);4-17H,1,3H3,(H3,29,32,33,34);2*1H4/t16-;17-;;/m00../s1. The molecule has 0 radical (unpaired) electrons. The molecule has 19 heteroatoms. The van der Waals surface area contributed by atoms with Crippen LogP contribution >= 0.6 is 0 Å². The first-order chi connectivity index (χ1) is 36.4. The number of nitrogens with two attached hydrogens (primary N) is 3. The van der Waals surface area contributed by atoms with Gasteiger partial charge in [-0.25, -0.2) is 19.8 Å². The predicted molar refractivity (Wildman–Crippen MR) is 304 cm³/mol. The Kier molecular flexibility index (Phi) is 16.6. The van der Waals surface area contributed by atoms with Crippen LogP contribution < -0.4 is 48.4 Å². The number of anilines is 4. The van der Waals surface area contributed by atoms with Crippen LogP contribution in [0.1, 0.15) is 62.5 Å². The summed E-state index contributed by atoms with van der Waals surface area (Å²) >= 11 is 0. The monoisotopic (exact) mass is 1030 g/mol. The molecule has 6 heterocycles. The summed E-state index contributed by atoms with van der Waals surface area (Å²) < 4.78 is 14.0. The van der Waals surface area contributed by atoms with E-state index in [0.29, 0.717) is 50.9 Å². The lowest BCUT2D eigenvalue weighted by Gasteiger charge is -2.22. The van der Waals surface area contributed by atoms with Crippen LogP contribution in [0.5, 0.6) is 11.5 Å². The number of nitrogens with zero attached hydrogens (tertiary/aromatic N) is 9. The maximum atomic E-state index is 14.2. The Morgan fingerprint density at radius 1 is 0.597 bits per heavy atom. The smallest absolute Gasteiger partial charge is 0.263 e. The fourth-order valence-electron chi connectivity index (χ4n) is 8.75. The number of amides is 1. The van der Waals surface area contributed by atoms with Crippen molar-refractivity contribution in [1.82, 2.24) is 39.0 Å². The highest BCUT2D eigenvalue weighted by molar-refractivity contribution is 5.99. The fourth-order valence-corrected chi connectivity index (χ4v) is 8.75. The molecule has 6 aromatic heterocycles. The predicted octanol–water partition coefficient (Wildman–Crippen LogP) is 10.1. The van der Waals surface area contributed by atoms with Crippen molar-refractivity contribution in [3.63, 3.8) is 0 Å². The summed E-state index contributed by atoms with van der Waals surface area (Å²) in [5, 5.41) is 9.05. The minimum atomic E-state index is -0.699. The zero-order valence-corrected chi connectivity index (χ0v) is 41.0. The van der Waals surface area contributed by atoms with Crippen molar-refractivity contribution in [2.75, 3.05) is 36.3 Å². The topological polar surface area (TPSA) is 263 Å². The summed E-state index contributed by atoms with van der Waals surface area (Å²) in [4.78, 5) is 68.6. The van der Waals surface area contributed by atoms with Crippen molar-refractivity contribution in [2.24, 2.45) is 5.73 Å². The SMILES string of the molecule is C.C.COc1cncc(-c2cccc3cc([C@H](C)Nc4nc(N)ncc4C(N)=O)n(-c4ccccc4)c(=O)c23)c1.[C-]#[N+]c1cnc(N)nc1N[C@@H](C)c1cc2cccc(-c3cncc(OC)c3)c2c(=O)n1-c1ccccc1. The highest BCUT2D eigenvalue weighted by atomic mass is 16.5. The van der Waals surface area contributed by atoms with Crippen molar-refractivity contribution >= 4 is 56.7 Å². The first kappa shape index (κ1) is 54.3. The van der Waals surface area contributed by atoms with Crippen molar-refractivity contribution in [2.45, 2.75) is 40.8 Å². The molecule has 388 valence electrons. The molecule has 0 aliphatic carbocycles. The summed E-state index contributed by atoms with van der Waals surface area (Å²) in [6.07, 6.45) is 9.31. The number of ether oxygens (including phenoxy) is 2. The Hall–Kier alpha value is -10.5. The maximum Gasteiger partial charge on any atom is 0.263 e. The minimum Gasteiger partial charge on any atom is -0.495 e. The van der Waals surface area contributed by atoms with Crippen molar-refractivity contribution in [1.29, 1.82) is 0 Å². The third-order valence-corrected chi connectivity index (χ3v) is 12.3. The van der Waals surface area contributed by atoms with Gasteiger partial charge in [-0.05, 0) is 84.3 Å². The van der Waals surface area contributed by atoms with Crippen molar-refractivity contribution in [3.05, 3.63) is 208 Å². The van der Waals surface area contributed by atoms with E-state index in [-0.39, 0.29) is 54.9 Å². The van der Waals surface area contributed by atoms with Crippen molar-refractivity contribution < 1.29 is 14.3 Å². The quantitative estimate of drug-likeness (QED) is 0.0673. The number of rotatable bonds is 13. The summed E-state index contributed by atoms with van der Waals surface area (Å²) in [6.45, 7) is 11.2. The van der Waals surface area contributed by atoms with E-state index in [1.54, 1.807) is 48.1 Å². The molecule has 0 aliphatic heterocycles. The average molecular weight is 1030 g/mol. The molecule has 0 spiro atoms. The maximum absolute atomic E-state index is 14.2. The van der Waals surface area contributed by atoms with Gasteiger partial charge in [0, 0.05) is 58.7 Å². The summed E-state index contributed by atoms with van der Waals surface area (Å²) in [5.41, 5.74) is 22.7. The number of fused-ring (bicyclic) bond motifs is 2. The summed E-state index contributed by atoms with van der Waals surface area (Å²) in [5.74, 6) is 1.02. The number of carbonyl (C=O) groups excluding carboxylic acids is 1. The second kappa shape index (κ2) is 23.6. The number of pyridine rings is 4. The molecule has 0 fully saturated rings. The van der Waals surface area contributed by atoms with E-state index < -0.39 is 18.0 Å². The van der Waals surface area contributed by atoms with Crippen LogP contribution in [-0.2, 0) is 0 Å². The minimum absolute atomic E-state index is 0. The Morgan fingerprint density at radius 3 is 1.48 bits per heavy atom. The Morgan fingerprint density at radius 2 is 1.04 bits per heavy atom. The number of primary amides is 1. The van der Waals surface area contributed by atoms with Crippen LogP contribution in [0.3, 0.4) is 0 Å². The molecule has 77 heavy (non-hydrogen) atoms. The average Bonchev–Trinajstić information content (AvgIpc) is 3.46. The molecule has 0 saturated carbocycles. The first-order valence-electron chi connectivity index (χ1n) is 23.3. The lowest BCUT2D eigenvalue weighted by Crippen LogP contribution is -2.26. The van der Waals surface area contributed by atoms with E-state index in [9.17, 15) is 14.4 Å². The van der Waals surface area contributed by atoms with Gasteiger partial charge in [0.1, 0.15) is 23.1 Å². The van der Waals surface area contributed by atoms with Crippen LogP contribution in [-0.4, -0.2) is 59.2 Å². The lowest BCUT2D eigenvalue weighted by molar-refractivity contribution is 0.100. The number of methoxy groups -OCH3 is 2. The van der Waals surface area contributed by atoms with Crippen LogP contribution in [0.4, 0.5) is 29.2 Å². The molecule has 0 aliphatic rings. The van der Waals surface area contributed by atoms with E-state index in [1.807, 2.05) is 135 Å². The van der Waals surface area contributed by atoms with Crippen LogP contribution in [0.2, 0.25) is 0 Å². The molecule has 10 rings (SSSR count). The Labute approximate surface area is 443 Å². The van der Waals surface area contributed by atoms with Crippen LogP contribution in [0, 0.1) is 6.57 Å². The molecule has 1 amide bonds. The van der Waals surface area contributed by atoms with E-state index >= 15 is 0 Å². The number of nitrogens with one attached hydrogen (secondary N) is 2. The van der Waals surface area contributed by atoms with Gasteiger partial charge in [-0.1, -0.05) is 87.6 Å². The molecule has 19 nitrogen and oxygen atoms in total. The van der Waals surface area contributed by atoms with E-state index in [1.165, 1.54) is 12.4 Å². The van der Waals surface area contributed by atoms with Gasteiger partial charge in [0.15, 0.2) is 0 Å². The second-order valence-corrected chi connectivity index (χ2v) is 17.0. The van der Waals surface area contributed by atoms with E-state index in [0.717, 1.165) is 33.0 Å². The zero-order chi connectivity index (χ0) is 52.8. The molecular weight excluding hydrogens is 973 g/mol. The molecule has 8 N–H and O–H groups in total. The molecule has 2 atom stereocenters. The molecule has 0 bridgehead atoms. The van der Waals surface area contributed by atoms with Gasteiger partial charge >= 0.3 is 0 Å². The second-order valence-electron chi connectivity index (χ2n) is 17.0. The summed E-state index contributed by atoms with van der Waals surface area (Å²) in [6, 6.07) is 36.9. The summed E-state index contributed by atoms with van der Waals surface area (Å²) in [7, 11) is 3.15. The molecule has 10 aromatic rings. The van der Waals surface area contributed by atoms with E-state index in [2.05, 4.69) is 45.4 Å². The molecule has 0 unspecified atom stereocenters. The van der Waals surface area contributed by atoms with Gasteiger partial charge in [-0.2, -0.15) is 4.98 Å². The number of hydrogen-bond donors (Lipinski definition) is 5. The third kappa shape index (κ3) is 11.2.